The van der Waals surface area contributed by atoms with Crippen LogP contribution in [0.3, 0.4) is 0 Å². The molecule has 1 amide bonds. The Morgan fingerprint density at radius 2 is 2.10 bits per heavy atom. The molecule has 110 valence electrons. The van der Waals surface area contributed by atoms with Crippen molar-refractivity contribution >= 4 is 11.7 Å². The van der Waals surface area contributed by atoms with Crippen LogP contribution in [0.5, 0.6) is 0 Å². The largest absolute Gasteiger partial charge is 0.369 e. The summed E-state index contributed by atoms with van der Waals surface area (Å²) in [6, 6.07) is 3.82. The van der Waals surface area contributed by atoms with Gasteiger partial charge in [0.05, 0.1) is 0 Å². The van der Waals surface area contributed by atoms with E-state index in [1.54, 1.807) is 6.07 Å². The molecule has 1 fully saturated rings. The number of carbonyl (C=O) groups excluding carboxylic acids is 1. The van der Waals surface area contributed by atoms with Gasteiger partial charge in [-0.05, 0) is 44.2 Å². The van der Waals surface area contributed by atoms with E-state index in [2.05, 4.69) is 36.3 Å². The number of carbonyl (C=O) groups is 1. The highest BCUT2D eigenvalue weighted by molar-refractivity contribution is 5.92. The summed E-state index contributed by atoms with van der Waals surface area (Å²) in [5.74, 6) is 1.76. The van der Waals surface area contributed by atoms with Crippen molar-refractivity contribution in [1.29, 1.82) is 0 Å². The van der Waals surface area contributed by atoms with Gasteiger partial charge in [-0.2, -0.15) is 0 Å². The standard InChI is InChI=1S/C15H24N4O/c1-5-16-14-7-6-13(17-18-14)15(20)19-9-10(2)8-11(3)12(19)4/h6-7,10-12H,5,8-9H2,1-4H3,(H,16,18). The number of amides is 1. The Kier molecular flexibility index (Phi) is 4.57. The van der Waals surface area contributed by atoms with Crippen LogP contribution in [0.15, 0.2) is 12.1 Å². The van der Waals surface area contributed by atoms with Gasteiger partial charge in [0, 0.05) is 19.1 Å². The highest BCUT2D eigenvalue weighted by Crippen LogP contribution is 2.27. The molecule has 0 saturated carbocycles. The smallest absolute Gasteiger partial charge is 0.274 e. The maximum absolute atomic E-state index is 12.6. The molecule has 0 aromatic carbocycles. The van der Waals surface area contributed by atoms with Gasteiger partial charge in [0.25, 0.3) is 5.91 Å². The highest BCUT2D eigenvalue weighted by atomic mass is 16.2. The summed E-state index contributed by atoms with van der Waals surface area (Å²) < 4.78 is 0. The Balaban J connectivity index is 2.13. The van der Waals surface area contributed by atoms with E-state index in [1.807, 2.05) is 17.9 Å². The molecule has 3 atom stereocenters. The van der Waals surface area contributed by atoms with Crippen molar-refractivity contribution < 1.29 is 4.79 Å². The van der Waals surface area contributed by atoms with E-state index < -0.39 is 0 Å². The van der Waals surface area contributed by atoms with Crippen LogP contribution < -0.4 is 5.32 Å². The molecule has 1 N–H and O–H groups in total. The molecule has 2 heterocycles. The van der Waals surface area contributed by atoms with E-state index in [0.29, 0.717) is 23.3 Å². The van der Waals surface area contributed by atoms with Crippen molar-refractivity contribution in [1.82, 2.24) is 15.1 Å². The first-order valence-electron chi connectivity index (χ1n) is 7.41. The van der Waals surface area contributed by atoms with Gasteiger partial charge < -0.3 is 10.2 Å². The maximum Gasteiger partial charge on any atom is 0.274 e. The fourth-order valence-corrected chi connectivity index (χ4v) is 2.85. The summed E-state index contributed by atoms with van der Waals surface area (Å²) in [7, 11) is 0. The second-order valence-corrected chi connectivity index (χ2v) is 5.85. The first-order chi connectivity index (χ1) is 9.52. The third kappa shape index (κ3) is 3.08. The molecule has 0 aliphatic carbocycles. The van der Waals surface area contributed by atoms with Gasteiger partial charge in [0.15, 0.2) is 5.69 Å². The molecule has 1 aromatic heterocycles. The van der Waals surface area contributed by atoms with Crippen molar-refractivity contribution in [2.45, 2.75) is 40.2 Å². The fourth-order valence-electron chi connectivity index (χ4n) is 2.85. The molecule has 5 heteroatoms. The Morgan fingerprint density at radius 3 is 2.70 bits per heavy atom. The fraction of sp³-hybridized carbons (Fsp3) is 0.667. The van der Waals surface area contributed by atoms with Crippen LogP contribution in [0.25, 0.3) is 0 Å². The maximum atomic E-state index is 12.6. The average molecular weight is 276 g/mol. The number of anilines is 1. The number of piperidine rings is 1. The Labute approximate surface area is 120 Å². The molecule has 1 aliphatic heterocycles. The summed E-state index contributed by atoms with van der Waals surface area (Å²) in [6.45, 7) is 10.1. The molecule has 0 bridgehead atoms. The van der Waals surface area contributed by atoms with E-state index in [4.69, 9.17) is 0 Å². The molecule has 2 rings (SSSR count). The summed E-state index contributed by atoms with van der Waals surface area (Å²) in [6.07, 6.45) is 1.18. The third-order valence-corrected chi connectivity index (χ3v) is 4.10. The minimum absolute atomic E-state index is 0.00792. The zero-order chi connectivity index (χ0) is 14.7. The summed E-state index contributed by atoms with van der Waals surface area (Å²) >= 11 is 0. The lowest BCUT2D eigenvalue weighted by Gasteiger charge is -2.40. The normalized spacial score (nSPS) is 26.4. The number of hydrogen-bond acceptors (Lipinski definition) is 4. The average Bonchev–Trinajstić information content (AvgIpc) is 2.43. The molecular formula is C15H24N4O. The topological polar surface area (TPSA) is 58.1 Å². The molecule has 20 heavy (non-hydrogen) atoms. The minimum Gasteiger partial charge on any atom is -0.369 e. The lowest BCUT2D eigenvalue weighted by Crippen LogP contribution is -2.49. The van der Waals surface area contributed by atoms with Crippen molar-refractivity contribution in [3.8, 4) is 0 Å². The SMILES string of the molecule is CCNc1ccc(C(=O)N2CC(C)CC(C)C2C)nn1. The van der Waals surface area contributed by atoms with Crippen molar-refractivity contribution in [3.63, 3.8) is 0 Å². The van der Waals surface area contributed by atoms with E-state index >= 15 is 0 Å². The number of nitrogens with one attached hydrogen (secondary N) is 1. The summed E-state index contributed by atoms with van der Waals surface area (Å²) in [4.78, 5) is 14.5. The molecule has 3 unspecified atom stereocenters. The van der Waals surface area contributed by atoms with Crippen molar-refractivity contribution in [3.05, 3.63) is 17.8 Å². The van der Waals surface area contributed by atoms with E-state index in [0.717, 1.165) is 13.1 Å². The monoisotopic (exact) mass is 276 g/mol. The van der Waals surface area contributed by atoms with Gasteiger partial charge in [-0.25, -0.2) is 0 Å². The van der Waals surface area contributed by atoms with Crippen LogP contribution in [0.1, 0.15) is 44.6 Å². The van der Waals surface area contributed by atoms with Crippen LogP contribution in [-0.4, -0.2) is 40.1 Å². The quantitative estimate of drug-likeness (QED) is 0.921. The summed E-state index contributed by atoms with van der Waals surface area (Å²) in [5, 5.41) is 11.2. The second-order valence-electron chi connectivity index (χ2n) is 5.85. The third-order valence-electron chi connectivity index (χ3n) is 4.10. The van der Waals surface area contributed by atoms with Crippen molar-refractivity contribution in [2.75, 3.05) is 18.4 Å². The first-order valence-corrected chi connectivity index (χ1v) is 7.41. The van der Waals surface area contributed by atoms with Gasteiger partial charge >= 0.3 is 0 Å². The number of likely N-dealkylation sites (tertiary alicyclic amines) is 1. The van der Waals surface area contributed by atoms with Gasteiger partial charge in [-0.3, -0.25) is 4.79 Å². The molecular weight excluding hydrogens is 252 g/mol. The number of aromatic nitrogens is 2. The minimum atomic E-state index is -0.00792. The molecule has 0 spiro atoms. The number of rotatable bonds is 3. The van der Waals surface area contributed by atoms with Crippen LogP contribution in [-0.2, 0) is 0 Å². The molecule has 5 nitrogen and oxygen atoms in total. The van der Waals surface area contributed by atoms with Gasteiger partial charge in [-0.15, -0.1) is 10.2 Å². The van der Waals surface area contributed by atoms with E-state index in [-0.39, 0.29) is 11.9 Å². The number of hydrogen-bond donors (Lipinski definition) is 1. The van der Waals surface area contributed by atoms with Gasteiger partial charge in [0.1, 0.15) is 5.82 Å². The molecule has 0 radical (unpaired) electrons. The van der Waals surface area contributed by atoms with Crippen molar-refractivity contribution in [2.24, 2.45) is 11.8 Å². The predicted molar refractivity (Wildman–Crippen MR) is 79.6 cm³/mol. The molecule has 1 aromatic rings. The van der Waals surface area contributed by atoms with Crippen LogP contribution in [0.2, 0.25) is 0 Å². The zero-order valence-corrected chi connectivity index (χ0v) is 12.8. The lowest BCUT2D eigenvalue weighted by atomic mass is 9.86. The Morgan fingerprint density at radius 1 is 1.35 bits per heavy atom. The summed E-state index contributed by atoms with van der Waals surface area (Å²) in [5.41, 5.74) is 0.430. The van der Waals surface area contributed by atoms with Crippen LogP contribution in [0.4, 0.5) is 5.82 Å². The Hall–Kier alpha value is -1.65. The lowest BCUT2D eigenvalue weighted by molar-refractivity contribution is 0.0449. The zero-order valence-electron chi connectivity index (χ0n) is 12.8. The van der Waals surface area contributed by atoms with E-state index in [1.165, 1.54) is 6.42 Å². The van der Waals surface area contributed by atoms with Gasteiger partial charge in [-0.1, -0.05) is 13.8 Å². The molecule has 1 saturated heterocycles. The van der Waals surface area contributed by atoms with E-state index in [9.17, 15) is 4.79 Å². The highest BCUT2D eigenvalue weighted by Gasteiger charge is 2.32. The number of nitrogens with zero attached hydrogens (tertiary/aromatic N) is 3. The van der Waals surface area contributed by atoms with Crippen LogP contribution in [0, 0.1) is 11.8 Å². The first kappa shape index (κ1) is 14.8. The van der Waals surface area contributed by atoms with Crippen LogP contribution >= 0.6 is 0 Å². The Bertz CT molecular complexity index is 459. The molecule has 1 aliphatic rings. The van der Waals surface area contributed by atoms with Gasteiger partial charge in [0.2, 0.25) is 0 Å². The second kappa shape index (κ2) is 6.20. The predicted octanol–water partition coefficient (Wildman–Crippen LogP) is 2.42.